The van der Waals surface area contributed by atoms with Gasteiger partial charge < -0.3 is 4.52 Å². The maximum absolute atomic E-state index is 12.8. The molecule has 0 saturated carbocycles. The second-order valence-corrected chi connectivity index (χ2v) is 7.71. The second kappa shape index (κ2) is 8.01. The lowest BCUT2D eigenvalue weighted by molar-refractivity contribution is 0.391. The lowest BCUT2D eigenvalue weighted by atomic mass is 10.3. The van der Waals surface area contributed by atoms with Gasteiger partial charge in [0.1, 0.15) is 10.4 Å². The number of thioether (sulfide) groups is 1. The molecule has 0 saturated heterocycles. The Morgan fingerprint density at radius 1 is 1.26 bits per heavy atom. The summed E-state index contributed by atoms with van der Waals surface area (Å²) < 4.78 is 7.78. The molecule has 0 atom stereocenters. The molecule has 4 aromatic heterocycles. The minimum Gasteiger partial charge on any atom is -0.338 e. The summed E-state index contributed by atoms with van der Waals surface area (Å²) in [6.07, 6.45) is 3.62. The molecule has 27 heavy (non-hydrogen) atoms. The number of hydrogen-bond acceptors (Lipinski definition) is 8. The third kappa shape index (κ3) is 3.79. The summed E-state index contributed by atoms with van der Waals surface area (Å²) in [7, 11) is 0. The third-order valence-electron chi connectivity index (χ3n) is 3.95. The summed E-state index contributed by atoms with van der Waals surface area (Å²) in [6, 6.07) is 7.42. The summed E-state index contributed by atoms with van der Waals surface area (Å²) in [5, 5.41) is 6.56. The zero-order valence-electron chi connectivity index (χ0n) is 14.7. The van der Waals surface area contributed by atoms with Crippen molar-refractivity contribution in [3.8, 4) is 11.5 Å². The van der Waals surface area contributed by atoms with Crippen molar-refractivity contribution in [1.82, 2.24) is 24.7 Å². The minimum atomic E-state index is 0.0191. The predicted octanol–water partition coefficient (Wildman–Crippen LogP) is 4.00. The zero-order valence-corrected chi connectivity index (χ0v) is 16.3. The van der Waals surface area contributed by atoms with Gasteiger partial charge in [-0.1, -0.05) is 36.3 Å². The Balaban J connectivity index is 1.58. The van der Waals surface area contributed by atoms with Crippen LogP contribution in [0.15, 0.2) is 50.3 Å². The molecule has 9 heteroatoms. The van der Waals surface area contributed by atoms with Gasteiger partial charge in [-0.05, 0) is 30.0 Å². The van der Waals surface area contributed by atoms with E-state index in [-0.39, 0.29) is 5.56 Å². The fourth-order valence-corrected chi connectivity index (χ4v) is 4.23. The van der Waals surface area contributed by atoms with Gasteiger partial charge in [0.2, 0.25) is 11.7 Å². The van der Waals surface area contributed by atoms with Crippen molar-refractivity contribution < 1.29 is 4.52 Å². The molecule has 0 spiro atoms. The number of fused-ring (bicyclic) bond motifs is 1. The SMILES string of the molecule is CCCCn1c(SCc2nc(-c3ccccn3)no2)nc2ccsc2c1=O. The van der Waals surface area contributed by atoms with Crippen LogP contribution in [-0.2, 0) is 12.3 Å². The molecule has 0 aliphatic carbocycles. The smallest absolute Gasteiger partial charge is 0.272 e. The summed E-state index contributed by atoms with van der Waals surface area (Å²) in [4.78, 5) is 26.0. The lowest BCUT2D eigenvalue weighted by Gasteiger charge is -2.10. The van der Waals surface area contributed by atoms with Gasteiger partial charge >= 0.3 is 0 Å². The molecular weight excluding hydrogens is 382 g/mol. The van der Waals surface area contributed by atoms with E-state index in [9.17, 15) is 4.79 Å². The van der Waals surface area contributed by atoms with Gasteiger partial charge in [-0.3, -0.25) is 14.3 Å². The molecule has 0 aromatic carbocycles. The van der Waals surface area contributed by atoms with Gasteiger partial charge in [0.05, 0.1) is 11.3 Å². The second-order valence-electron chi connectivity index (χ2n) is 5.86. The van der Waals surface area contributed by atoms with Crippen LogP contribution in [0.4, 0.5) is 0 Å². The van der Waals surface area contributed by atoms with Gasteiger partial charge in [-0.25, -0.2) is 4.98 Å². The Labute approximate surface area is 163 Å². The Morgan fingerprint density at radius 2 is 2.19 bits per heavy atom. The van der Waals surface area contributed by atoms with Gasteiger partial charge in [0.15, 0.2) is 5.16 Å². The highest BCUT2D eigenvalue weighted by atomic mass is 32.2. The summed E-state index contributed by atoms with van der Waals surface area (Å²) >= 11 is 2.86. The predicted molar refractivity (Wildman–Crippen MR) is 106 cm³/mol. The molecule has 0 N–H and O–H groups in total. The molecule has 0 aliphatic rings. The number of thiophene rings is 1. The monoisotopic (exact) mass is 399 g/mol. The molecule has 4 heterocycles. The van der Waals surface area contributed by atoms with Crippen molar-refractivity contribution in [2.24, 2.45) is 0 Å². The summed E-state index contributed by atoms with van der Waals surface area (Å²) in [5.74, 6) is 1.37. The third-order valence-corrected chi connectivity index (χ3v) is 5.81. The number of unbranched alkanes of at least 4 members (excludes halogenated alkanes) is 1. The van der Waals surface area contributed by atoms with E-state index in [1.807, 2.05) is 29.6 Å². The molecule has 4 aromatic rings. The number of rotatable bonds is 7. The fourth-order valence-electron chi connectivity index (χ4n) is 2.59. The van der Waals surface area contributed by atoms with Gasteiger partial charge in [0.25, 0.3) is 5.56 Å². The van der Waals surface area contributed by atoms with E-state index in [0.29, 0.717) is 39.6 Å². The number of nitrogens with zero attached hydrogens (tertiary/aromatic N) is 5. The molecular formula is C18H17N5O2S2. The van der Waals surface area contributed by atoms with Crippen LogP contribution in [0.1, 0.15) is 25.7 Å². The molecule has 0 unspecified atom stereocenters. The first kappa shape index (κ1) is 17.9. The molecule has 138 valence electrons. The quantitative estimate of drug-likeness (QED) is 0.343. The van der Waals surface area contributed by atoms with E-state index in [0.717, 1.165) is 18.4 Å². The normalized spacial score (nSPS) is 11.3. The van der Waals surface area contributed by atoms with Gasteiger partial charge in [-0.15, -0.1) is 11.3 Å². The molecule has 0 radical (unpaired) electrons. The van der Waals surface area contributed by atoms with Crippen LogP contribution in [0.3, 0.4) is 0 Å². The first-order valence-corrected chi connectivity index (χ1v) is 10.5. The van der Waals surface area contributed by atoms with Crippen molar-refractivity contribution in [1.29, 1.82) is 0 Å². The van der Waals surface area contributed by atoms with E-state index in [4.69, 9.17) is 4.52 Å². The molecule has 7 nitrogen and oxygen atoms in total. The maximum Gasteiger partial charge on any atom is 0.272 e. The highest BCUT2D eigenvalue weighted by Crippen LogP contribution is 2.24. The van der Waals surface area contributed by atoms with Crippen LogP contribution in [0.5, 0.6) is 0 Å². The Kier molecular flexibility index (Phi) is 5.30. The fraction of sp³-hybridized carbons (Fsp3) is 0.278. The molecule has 0 amide bonds. The van der Waals surface area contributed by atoms with Crippen molar-refractivity contribution in [2.75, 3.05) is 0 Å². The Morgan fingerprint density at radius 3 is 3.00 bits per heavy atom. The van der Waals surface area contributed by atoms with Crippen LogP contribution in [-0.4, -0.2) is 24.7 Å². The van der Waals surface area contributed by atoms with Crippen LogP contribution in [0.2, 0.25) is 0 Å². The molecule has 4 rings (SSSR count). The molecule has 0 aliphatic heterocycles. The van der Waals surface area contributed by atoms with Crippen molar-refractivity contribution in [3.63, 3.8) is 0 Å². The van der Waals surface area contributed by atoms with Crippen molar-refractivity contribution in [3.05, 3.63) is 52.1 Å². The largest absolute Gasteiger partial charge is 0.338 e. The van der Waals surface area contributed by atoms with Gasteiger partial charge in [0, 0.05) is 12.7 Å². The van der Waals surface area contributed by atoms with E-state index < -0.39 is 0 Å². The van der Waals surface area contributed by atoms with Crippen molar-refractivity contribution in [2.45, 2.75) is 37.2 Å². The lowest BCUT2D eigenvalue weighted by Crippen LogP contribution is -2.22. The molecule has 0 fully saturated rings. The average molecular weight is 400 g/mol. The highest BCUT2D eigenvalue weighted by molar-refractivity contribution is 7.98. The topological polar surface area (TPSA) is 86.7 Å². The first-order chi connectivity index (χ1) is 13.3. The number of aromatic nitrogens is 5. The summed E-state index contributed by atoms with van der Waals surface area (Å²) in [6.45, 7) is 2.76. The Bertz CT molecular complexity index is 1100. The number of hydrogen-bond donors (Lipinski definition) is 0. The van der Waals surface area contributed by atoms with Crippen molar-refractivity contribution >= 4 is 33.3 Å². The number of pyridine rings is 1. The average Bonchev–Trinajstić information content (AvgIpc) is 3.36. The van der Waals surface area contributed by atoms with Crippen LogP contribution in [0, 0.1) is 0 Å². The van der Waals surface area contributed by atoms with E-state index in [2.05, 4.69) is 27.0 Å². The van der Waals surface area contributed by atoms with E-state index in [1.165, 1.54) is 23.1 Å². The Hall–Kier alpha value is -2.52. The van der Waals surface area contributed by atoms with Crippen LogP contribution in [0.25, 0.3) is 21.7 Å². The zero-order chi connectivity index (χ0) is 18.6. The first-order valence-electron chi connectivity index (χ1n) is 8.61. The van der Waals surface area contributed by atoms with Gasteiger partial charge in [-0.2, -0.15) is 4.98 Å². The van der Waals surface area contributed by atoms with E-state index in [1.54, 1.807) is 10.8 Å². The summed E-state index contributed by atoms with van der Waals surface area (Å²) in [5.41, 5.74) is 1.42. The standard InChI is InChI=1S/C18H17N5O2S2/c1-2-3-9-23-17(24)15-12(7-10-26-15)20-18(23)27-11-14-21-16(22-25-14)13-6-4-5-8-19-13/h4-8,10H,2-3,9,11H2,1H3. The molecule has 0 bridgehead atoms. The van der Waals surface area contributed by atoms with E-state index >= 15 is 0 Å². The minimum absolute atomic E-state index is 0.0191. The highest BCUT2D eigenvalue weighted by Gasteiger charge is 2.15. The van der Waals surface area contributed by atoms with Crippen LogP contribution >= 0.6 is 23.1 Å². The maximum atomic E-state index is 12.8. The van der Waals surface area contributed by atoms with Crippen LogP contribution < -0.4 is 5.56 Å².